The Hall–Kier alpha value is -0.0400. The summed E-state index contributed by atoms with van der Waals surface area (Å²) in [6.07, 6.45) is 6.08. The van der Waals surface area contributed by atoms with Crippen molar-refractivity contribution in [2.45, 2.75) is 59.0 Å². The van der Waals surface area contributed by atoms with Crippen LogP contribution in [0.15, 0.2) is 0 Å². The molecule has 1 N–H and O–H groups in total. The smallest absolute Gasteiger partial charge is 0.0568 e. The SMILES string of the molecule is CC(C)CC(C)CC1CCCC1O. The average molecular weight is 184 g/mol. The van der Waals surface area contributed by atoms with E-state index in [9.17, 15) is 5.11 Å². The molecular weight excluding hydrogens is 160 g/mol. The molecule has 1 aliphatic carbocycles. The molecule has 0 aliphatic heterocycles. The number of rotatable bonds is 4. The van der Waals surface area contributed by atoms with Gasteiger partial charge in [0.2, 0.25) is 0 Å². The van der Waals surface area contributed by atoms with Gasteiger partial charge in [-0.1, -0.05) is 27.2 Å². The summed E-state index contributed by atoms with van der Waals surface area (Å²) in [5.74, 6) is 2.19. The molecule has 1 aliphatic rings. The number of aliphatic hydroxyl groups is 1. The Bertz CT molecular complexity index is 142. The van der Waals surface area contributed by atoms with Crippen molar-refractivity contribution in [3.05, 3.63) is 0 Å². The summed E-state index contributed by atoms with van der Waals surface area (Å²) in [6, 6.07) is 0. The van der Waals surface area contributed by atoms with E-state index in [2.05, 4.69) is 20.8 Å². The van der Waals surface area contributed by atoms with Gasteiger partial charge in [0.15, 0.2) is 0 Å². The van der Waals surface area contributed by atoms with Gasteiger partial charge in [-0.25, -0.2) is 0 Å². The highest BCUT2D eigenvalue weighted by atomic mass is 16.3. The molecule has 1 rings (SSSR count). The molecule has 0 aromatic rings. The van der Waals surface area contributed by atoms with E-state index < -0.39 is 0 Å². The molecule has 0 saturated heterocycles. The summed E-state index contributed by atoms with van der Waals surface area (Å²) in [4.78, 5) is 0. The van der Waals surface area contributed by atoms with Crippen LogP contribution in [0, 0.1) is 17.8 Å². The summed E-state index contributed by atoms with van der Waals surface area (Å²) in [6.45, 7) is 6.88. The highest BCUT2D eigenvalue weighted by Crippen LogP contribution is 2.32. The molecular formula is C12H24O. The van der Waals surface area contributed by atoms with E-state index in [1.54, 1.807) is 0 Å². The van der Waals surface area contributed by atoms with Gasteiger partial charge in [-0.3, -0.25) is 0 Å². The first-order valence-corrected chi connectivity index (χ1v) is 5.77. The number of aliphatic hydroxyl groups excluding tert-OH is 1. The zero-order chi connectivity index (χ0) is 9.84. The normalized spacial score (nSPS) is 31.2. The molecule has 78 valence electrons. The molecule has 0 bridgehead atoms. The highest BCUT2D eigenvalue weighted by Gasteiger charge is 2.26. The maximum absolute atomic E-state index is 9.67. The summed E-state index contributed by atoms with van der Waals surface area (Å²) in [7, 11) is 0. The summed E-state index contributed by atoms with van der Waals surface area (Å²) >= 11 is 0. The van der Waals surface area contributed by atoms with Gasteiger partial charge < -0.3 is 5.11 Å². The van der Waals surface area contributed by atoms with Gasteiger partial charge in [-0.15, -0.1) is 0 Å². The largest absolute Gasteiger partial charge is 0.393 e. The standard InChI is InChI=1S/C12H24O/c1-9(2)7-10(3)8-11-5-4-6-12(11)13/h9-13H,4-8H2,1-3H3. The lowest BCUT2D eigenvalue weighted by Crippen LogP contribution is -2.16. The third-order valence-corrected chi connectivity index (χ3v) is 3.20. The molecule has 3 atom stereocenters. The van der Waals surface area contributed by atoms with Crippen LogP contribution in [-0.4, -0.2) is 11.2 Å². The van der Waals surface area contributed by atoms with Crippen molar-refractivity contribution in [3.8, 4) is 0 Å². The molecule has 13 heavy (non-hydrogen) atoms. The number of hydrogen-bond acceptors (Lipinski definition) is 1. The van der Waals surface area contributed by atoms with Crippen molar-refractivity contribution in [3.63, 3.8) is 0 Å². The molecule has 1 heteroatoms. The fourth-order valence-corrected chi connectivity index (χ4v) is 2.71. The van der Waals surface area contributed by atoms with E-state index in [1.807, 2.05) is 0 Å². The molecule has 3 unspecified atom stereocenters. The highest BCUT2D eigenvalue weighted by molar-refractivity contribution is 4.78. The van der Waals surface area contributed by atoms with Gasteiger partial charge in [0.1, 0.15) is 0 Å². The van der Waals surface area contributed by atoms with Crippen molar-refractivity contribution in [2.24, 2.45) is 17.8 Å². The minimum absolute atomic E-state index is 0.00890. The van der Waals surface area contributed by atoms with Gasteiger partial charge in [-0.2, -0.15) is 0 Å². The van der Waals surface area contributed by atoms with E-state index >= 15 is 0 Å². The maximum atomic E-state index is 9.67. The minimum atomic E-state index is 0.00890. The Labute approximate surface area is 82.5 Å². The van der Waals surface area contributed by atoms with Gasteiger partial charge in [0.25, 0.3) is 0 Å². The second kappa shape index (κ2) is 4.99. The molecule has 0 spiro atoms. The van der Waals surface area contributed by atoms with E-state index in [0.29, 0.717) is 5.92 Å². The lowest BCUT2D eigenvalue weighted by atomic mass is 9.88. The van der Waals surface area contributed by atoms with Crippen molar-refractivity contribution in [1.82, 2.24) is 0 Å². The van der Waals surface area contributed by atoms with Crippen LogP contribution in [0.1, 0.15) is 52.9 Å². The van der Waals surface area contributed by atoms with Crippen LogP contribution in [0.3, 0.4) is 0 Å². The molecule has 0 radical (unpaired) electrons. The Kier molecular flexibility index (Phi) is 4.24. The topological polar surface area (TPSA) is 20.2 Å². The predicted molar refractivity (Wildman–Crippen MR) is 56.6 cm³/mol. The first-order chi connectivity index (χ1) is 6.09. The van der Waals surface area contributed by atoms with Crippen molar-refractivity contribution >= 4 is 0 Å². The lowest BCUT2D eigenvalue weighted by Gasteiger charge is -2.20. The number of hydrogen-bond donors (Lipinski definition) is 1. The van der Waals surface area contributed by atoms with Gasteiger partial charge in [0, 0.05) is 0 Å². The van der Waals surface area contributed by atoms with Crippen LogP contribution < -0.4 is 0 Å². The predicted octanol–water partition coefficient (Wildman–Crippen LogP) is 3.22. The molecule has 1 saturated carbocycles. The fraction of sp³-hybridized carbons (Fsp3) is 1.00. The summed E-state index contributed by atoms with van der Waals surface area (Å²) < 4.78 is 0. The molecule has 0 aromatic carbocycles. The summed E-state index contributed by atoms with van der Waals surface area (Å²) in [5.41, 5.74) is 0. The van der Waals surface area contributed by atoms with Gasteiger partial charge in [-0.05, 0) is 43.4 Å². The molecule has 0 heterocycles. The zero-order valence-corrected chi connectivity index (χ0v) is 9.29. The molecule has 0 amide bonds. The first-order valence-electron chi connectivity index (χ1n) is 5.77. The quantitative estimate of drug-likeness (QED) is 0.711. The van der Waals surface area contributed by atoms with E-state index in [4.69, 9.17) is 0 Å². The van der Waals surface area contributed by atoms with Crippen LogP contribution in [0.4, 0.5) is 0 Å². The van der Waals surface area contributed by atoms with E-state index in [1.165, 1.54) is 25.7 Å². The van der Waals surface area contributed by atoms with E-state index in [-0.39, 0.29) is 6.10 Å². The Morgan fingerprint density at radius 2 is 1.92 bits per heavy atom. The summed E-state index contributed by atoms with van der Waals surface area (Å²) in [5, 5.41) is 9.67. The van der Waals surface area contributed by atoms with E-state index in [0.717, 1.165) is 18.3 Å². The fourth-order valence-electron chi connectivity index (χ4n) is 2.71. The van der Waals surface area contributed by atoms with Crippen molar-refractivity contribution in [1.29, 1.82) is 0 Å². The Morgan fingerprint density at radius 1 is 1.23 bits per heavy atom. The first kappa shape index (κ1) is 11.0. The van der Waals surface area contributed by atoms with Crippen molar-refractivity contribution in [2.75, 3.05) is 0 Å². The van der Waals surface area contributed by atoms with Crippen LogP contribution >= 0.6 is 0 Å². The minimum Gasteiger partial charge on any atom is -0.393 e. The Balaban J connectivity index is 2.22. The third kappa shape index (κ3) is 3.68. The van der Waals surface area contributed by atoms with Crippen LogP contribution in [-0.2, 0) is 0 Å². The zero-order valence-electron chi connectivity index (χ0n) is 9.29. The van der Waals surface area contributed by atoms with Gasteiger partial charge >= 0.3 is 0 Å². The third-order valence-electron chi connectivity index (χ3n) is 3.20. The average Bonchev–Trinajstić information content (AvgIpc) is 2.34. The second-order valence-electron chi connectivity index (χ2n) is 5.23. The molecule has 1 fully saturated rings. The second-order valence-corrected chi connectivity index (χ2v) is 5.23. The van der Waals surface area contributed by atoms with Crippen LogP contribution in [0.2, 0.25) is 0 Å². The van der Waals surface area contributed by atoms with Crippen molar-refractivity contribution < 1.29 is 5.11 Å². The Morgan fingerprint density at radius 3 is 2.38 bits per heavy atom. The van der Waals surface area contributed by atoms with Gasteiger partial charge in [0.05, 0.1) is 6.10 Å². The molecule has 1 nitrogen and oxygen atoms in total. The monoisotopic (exact) mass is 184 g/mol. The van der Waals surface area contributed by atoms with Crippen LogP contribution in [0.25, 0.3) is 0 Å². The maximum Gasteiger partial charge on any atom is 0.0568 e. The van der Waals surface area contributed by atoms with Crippen LogP contribution in [0.5, 0.6) is 0 Å². The lowest BCUT2D eigenvalue weighted by molar-refractivity contribution is 0.116. The molecule has 0 aromatic heterocycles.